The summed E-state index contributed by atoms with van der Waals surface area (Å²) in [5.74, 6) is -1.55. The molecule has 2 aromatic carbocycles. The third-order valence-corrected chi connectivity index (χ3v) is 6.44. The molecular formula is C26H38FN3O3S. The van der Waals surface area contributed by atoms with Crippen LogP contribution in [0.5, 0.6) is 0 Å². The van der Waals surface area contributed by atoms with E-state index in [1.807, 2.05) is 0 Å². The third-order valence-electron chi connectivity index (χ3n) is 5.84. The summed E-state index contributed by atoms with van der Waals surface area (Å²) in [6, 6.07) is 10.5. The van der Waals surface area contributed by atoms with Gasteiger partial charge in [0, 0.05) is 25.8 Å². The third kappa shape index (κ3) is 7.72. The van der Waals surface area contributed by atoms with Gasteiger partial charge in [-0.25, -0.2) is 12.8 Å². The fourth-order valence-electron chi connectivity index (χ4n) is 3.62. The van der Waals surface area contributed by atoms with E-state index in [1.54, 1.807) is 13.0 Å². The molecule has 0 heterocycles. The Kier molecular flexibility index (Phi) is 9.11. The van der Waals surface area contributed by atoms with Gasteiger partial charge in [0.2, 0.25) is 15.9 Å². The van der Waals surface area contributed by atoms with E-state index in [0.29, 0.717) is 12.1 Å². The summed E-state index contributed by atoms with van der Waals surface area (Å²) >= 11 is 0. The average Bonchev–Trinajstić information content (AvgIpc) is 2.75. The number of anilines is 2. The van der Waals surface area contributed by atoms with Crippen LogP contribution < -0.4 is 14.9 Å². The Hall–Kier alpha value is -2.61. The van der Waals surface area contributed by atoms with Crippen LogP contribution in [0.1, 0.15) is 70.1 Å². The van der Waals surface area contributed by atoms with E-state index in [0.717, 1.165) is 36.9 Å². The van der Waals surface area contributed by atoms with Crippen LogP contribution >= 0.6 is 0 Å². The van der Waals surface area contributed by atoms with Crippen molar-refractivity contribution in [1.29, 1.82) is 0 Å². The topological polar surface area (TPSA) is 78.5 Å². The van der Waals surface area contributed by atoms with Gasteiger partial charge in [-0.3, -0.25) is 9.52 Å². The molecule has 0 spiro atoms. The maximum absolute atomic E-state index is 14.4. The van der Waals surface area contributed by atoms with Gasteiger partial charge in [-0.1, -0.05) is 52.3 Å². The highest BCUT2D eigenvalue weighted by Gasteiger charge is 2.20. The zero-order valence-corrected chi connectivity index (χ0v) is 22.1. The van der Waals surface area contributed by atoms with E-state index in [2.05, 4.69) is 67.9 Å². The number of halogens is 1. The van der Waals surface area contributed by atoms with Gasteiger partial charge in [-0.15, -0.1) is 0 Å². The van der Waals surface area contributed by atoms with Crippen molar-refractivity contribution in [2.75, 3.05) is 29.5 Å². The van der Waals surface area contributed by atoms with Gasteiger partial charge in [0.15, 0.2) is 0 Å². The molecule has 0 saturated carbocycles. The van der Waals surface area contributed by atoms with Crippen LogP contribution in [0.2, 0.25) is 0 Å². The summed E-state index contributed by atoms with van der Waals surface area (Å²) in [4.78, 5) is 15.1. The summed E-state index contributed by atoms with van der Waals surface area (Å²) in [6.07, 6.45) is 3.13. The first-order valence-electron chi connectivity index (χ1n) is 11.6. The maximum atomic E-state index is 14.4. The Labute approximate surface area is 204 Å². The monoisotopic (exact) mass is 491 g/mol. The SMILES string of the molecule is CCCCN(C)c1cc(C(C)(C)C)ccc1CNC(=O)C(C)c1ccc(NS(C)(=O)=O)c(F)c1. The van der Waals surface area contributed by atoms with Gasteiger partial charge in [0.05, 0.1) is 17.9 Å². The number of hydrogen-bond donors (Lipinski definition) is 2. The molecule has 0 fully saturated rings. The number of hydrogen-bond acceptors (Lipinski definition) is 4. The lowest BCUT2D eigenvalue weighted by Gasteiger charge is -2.27. The van der Waals surface area contributed by atoms with Crippen LogP contribution in [-0.2, 0) is 26.8 Å². The van der Waals surface area contributed by atoms with E-state index in [1.165, 1.54) is 17.7 Å². The largest absolute Gasteiger partial charge is 0.374 e. The Morgan fingerprint density at radius 3 is 2.38 bits per heavy atom. The van der Waals surface area contributed by atoms with E-state index in [4.69, 9.17) is 0 Å². The summed E-state index contributed by atoms with van der Waals surface area (Å²) in [7, 11) is -1.52. The average molecular weight is 492 g/mol. The highest BCUT2D eigenvalue weighted by atomic mass is 32.2. The molecule has 1 amide bonds. The number of benzene rings is 2. The van der Waals surface area contributed by atoms with Gasteiger partial charge in [0.1, 0.15) is 5.82 Å². The highest BCUT2D eigenvalue weighted by Crippen LogP contribution is 2.30. The first-order chi connectivity index (χ1) is 15.7. The first-order valence-corrected chi connectivity index (χ1v) is 13.5. The molecule has 0 aliphatic rings. The van der Waals surface area contributed by atoms with Crippen LogP contribution in [0.4, 0.5) is 15.8 Å². The van der Waals surface area contributed by atoms with Crippen LogP contribution in [0.25, 0.3) is 0 Å². The molecule has 188 valence electrons. The number of carbonyl (C=O) groups is 1. The van der Waals surface area contributed by atoms with Gasteiger partial charge in [-0.05, 0) is 53.6 Å². The molecule has 0 aliphatic carbocycles. The molecule has 1 unspecified atom stereocenters. The van der Waals surface area contributed by atoms with E-state index in [-0.39, 0.29) is 17.0 Å². The fourth-order valence-corrected chi connectivity index (χ4v) is 4.19. The number of carbonyl (C=O) groups excluding carboxylic acids is 1. The molecule has 0 aliphatic heterocycles. The van der Waals surface area contributed by atoms with Gasteiger partial charge < -0.3 is 10.2 Å². The predicted molar refractivity (Wildman–Crippen MR) is 138 cm³/mol. The van der Waals surface area contributed by atoms with Gasteiger partial charge in [0.25, 0.3) is 0 Å². The minimum absolute atomic E-state index is 0.0127. The quantitative estimate of drug-likeness (QED) is 0.482. The number of amides is 1. The number of rotatable bonds is 10. The number of nitrogens with zero attached hydrogens (tertiary/aromatic N) is 1. The van der Waals surface area contributed by atoms with Gasteiger partial charge >= 0.3 is 0 Å². The lowest BCUT2D eigenvalue weighted by atomic mass is 9.86. The van der Waals surface area contributed by atoms with Crippen molar-refractivity contribution < 1.29 is 17.6 Å². The zero-order chi connectivity index (χ0) is 25.7. The Morgan fingerprint density at radius 2 is 1.82 bits per heavy atom. The first kappa shape index (κ1) is 27.6. The van der Waals surface area contributed by atoms with Crippen molar-refractivity contribution in [3.05, 3.63) is 58.9 Å². The summed E-state index contributed by atoms with van der Waals surface area (Å²) in [6.45, 7) is 11.7. The smallest absolute Gasteiger partial charge is 0.229 e. The molecule has 2 aromatic rings. The van der Waals surface area contributed by atoms with Crippen molar-refractivity contribution in [2.45, 2.75) is 65.3 Å². The lowest BCUT2D eigenvalue weighted by Crippen LogP contribution is -2.29. The number of unbranched alkanes of at least 4 members (excludes halogenated alkanes) is 1. The second-order valence-electron chi connectivity index (χ2n) is 9.92. The second-order valence-corrected chi connectivity index (χ2v) is 11.7. The molecule has 2 N–H and O–H groups in total. The second kappa shape index (κ2) is 11.2. The van der Waals surface area contributed by atoms with Crippen LogP contribution in [0.3, 0.4) is 0 Å². The molecule has 0 aromatic heterocycles. The molecule has 2 rings (SSSR count). The summed E-state index contributed by atoms with van der Waals surface area (Å²) < 4.78 is 39.2. The Morgan fingerprint density at radius 1 is 1.15 bits per heavy atom. The number of sulfonamides is 1. The van der Waals surface area contributed by atoms with Crippen molar-refractivity contribution in [3.8, 4) is 0 Å². The zero-order valence-electron chi connectivity index (χ0n) is 21.3. The van der Waals surface area contributed by atoms with Crippen molar-refractivity contribution in [1.82, 2.24) is 5.32 Å². The minimum atomic E-state index is -3.59. The predicted octanol–water partition coefficient (Wildman–Crippen LogP) is 5.15. The minimum Gasteiger partial charge on any atom is -0.374 e. The van der Waals surface area contributed by atoms with Gasteiger partial charge in [-0.2, -0.15) is 0 Å². The number of nitrogens with one attached hydrogen (secondary N) is 2. The molecule has 8 heteroatoms. The summed E-state index contributed by atoms with van der Waals surface area (Å²) in [5.41, 5.74) is 3.68. The van der Waals surface area contributed by atoms with Crippen LogP contribution in [0.15, 0.2) is 36.4 Å². The Balaban J connectivity index is 2.19. The van der Waals surface area contributed by atoms with Crippen molar-refractivity contribution in [3.63, 3.8) is 0 Å². The highest BCUT2D eigenvalue weighted by molar-refractivity contribution is 7.92. The van der Waals surface area contributed by atoms with E-state index >= 15 is 0 Å². The molecule has 0 radical (unpaired) electrons. The molecule has 0 saturated heterocycles. The molecule has 0 bridgehead atoms. The molecule has 6 nitrogen and oxygen atoms in total. The standard InChI is InChI=1S/C26H38FN3O3S/c1-8-9-14-30(6)24-16-21(26(3,4)5)12-10-20(24)17-28-25(31)18(2)19-11-13-23(22(27)15-19)29-34(7,32)33/h10-13,15-16,18,29H,8-9,14,17H2,1-7H3,(H,28,31). The Bertz CT molecular complexity index is 1110. The van der Waals surface area contributed by atoms with Crippen molar-refractivity contribution >= 4 is 27.3 Å². The van der Waals surface area contributed by atoms with E-state index in [9.17, 15) is 17.6 Å². The molecular weight excluding hydrogens is 453 g/mol. The van der Waals surface area contributed by atoms with Crippen LogP contribution in [-0.4, -0.2) is 34.2 Å². The lowest BCUT2D eigenvalue weighted by molar-refractivity contribution is -0.122. The molecule has 34 heavy (non-hydrogen) atoms. The normalized spacial score (nSPS) is 12.8. The summed E-state index contributed by atoms with van der Waals surface area (Å²) in [5, 5.41) is 2.98. The van der Waals surface area contributed by atoms with Crippen LogP contribution in [0, 0.1) is 5.82 Å². The molecule has 1 atom stereocenters. The van der Waals surface area contributed by atoms with Crippen molar-refractivity contribution in [2.24, 2.45) is 0 Å². The maximum Gasteiger partial charge on any atom is 0.229 e. The fraction of sp³-hybridized carbons (Fsp3) is 0.500. The van der Waals surface area contributed by atoms with E-state index < -0.39 is 21.8 Å².